The maximum atomic E-state index is 14.5. The number of carbonyl (C=O) groups excluding carboxylic acids is 1. The molecule has 1 fully saturated rings. The van der Waals surface area contributed by atoms with Crippen molar-refractivity contribution in [1.29, 1.82) is 0 Å². The molecule has 8 heteroatoms. The van der Waals surface area contributed by atoms with E-state index < -0.39 is 17.2 Å². The van der Waals surface area contributed by atoms with Crippen LogP contribution in [0.2, 0.25) is 0 Å². The molecule has 1 aliphatic rings. The van der Waals surface area contributed by atoms with E-state index in [2.05, 4.69) is 10.3 Å². The van der Waals surface area contributed by atoms with Gasteiger partial charge in [0.25, 0.3) is 5.56 Å². The van der Waals surface area contributed by atoms with Crippen molar-refractivity contribution in [3.05, 3.63) is 64.5 Å². The second-order valence-electron chi connectivity index (χ2n) is 7.74. The predicted octanol–water partition coefficient (Wildman–Crippen LogP) is 4.45. The molecule has 0 radical (unpaired) electrons. The zero-order valence-electron chi connectivity index (χ0n) is 16.9. The van der Waals surface area contributed by atoms with Crippen LogP contribution in [0.1, 0.15) is 32.1 Å². The molecule has 0 spiro atoms. The highest BCUT2D eigenvalue weighted by Gasteiger charge is 2.18. The third kappa shape index (κ3) is 4.95. The number of nitrogens with one attached hydrogen (secondary N) is 1. The highest BCUT2D eigenvalue weighted by atomic mass is 32.2. The Labute approximate surface area is 182 Å². The van der Waals surface area contributed by atoms with Gasteiger partial charge in [-0.3, -0.25) is 14.2 Å². The van der Waals surface area contributed by atoms with Crippen LogP contribution >= 0.6 is 11.8 Å². The molecule has 1 heterocycles. The summed E-state index contributed by atoms with van der Waals surface area (Å²) in [6.07, 6.45) is 5.91. The Morgan fingerprint density at radius 1 is 1.13 bits per heavy atom. The molecule has 1 amide bonds. The summed E-state index contributed by atoms with van der Waals surface area (Å²) in [6, 6.07) is 9.76. The number of nitrogens with zero attached hydrogens (tertiary/aromatic N) is 2. The van der Waals surface area contributed by atoms with Crippen LogP contribution in [0.5, 0.6) is 0 Å². The molecule has 31 heavy (non-hydrogen) atoms. The molecule has 1 saturated carbocycles. The molecule has 2 aromatic carbocycles. The monoisotopic (exact) mass is 443 g/mol. The highest BCUT2D eigenvalue weighted by molar-refractivity contribution is 7.99. The molecule has 1 aliphatic carbocycles. The van der Waals surface area contributed by atoms with Crippen LogP contribution in [0, 0.1) is 17.6 Å². The van der Waals surface area contributed by atoms with Crippen LogP contribution in [-0.2, 0) is 4.79 Å². The zero-order valence-corrected chi connectivity index (χ0v) is 17.8. The average molecular weight is 444 g/mol. The maximum Gasteiger partial charge on any atom is 0.266 e. The topological polar surface area (TPSA) is 64.0 Å². The number of hydrogen-bond acceptors (Lipinski definition) is 4. The van der Waals surface area contributed by atoms with Gasteiger partial charge in [-0.05, 0) is 43.0 Å². The molecular weight excluding hydrogens is 420 g/mol. The standard InChI is InChI=1S/C23H23F2N3O2S/c24-16-10-11-20(18(25)12-16)28-22(30)17-8-4-5-9-19(17)27-23(28)31-14-21(29)26-13-15-6-2-1-3-7-15/h4-5,8-12,15H,1-3,6-7,13-14H2,(H,26,29). The van der Waals surface area contributed by atoms with Gasteiger partial charge in [0.05, 0.1) is 22.3 Å². The van der Waals surface area contributed by atoms with Crippen molar-refractivity contribution in [1.82, 2.24) is 14.9 Å². The van der Waals surface area contributed by atoms with Crippen molar-refractivity contribution in [2.24, 2.45) is 5.92 Å². The number of rotatable bonds is 6. The second kappa shape index (κ2) is 9.60. The number of fused-ring (bicyclic) bond motifs is 1. The summed E-state index contributed by atoms with van der Waals surface area (Å²) in [4.78, 5) is 30.0. The van der Waals surface area contributed by atoms with Gasteiger partial charge in [0.1, 0.15) is 11.6 Å². The fourth-order valence-corrected chi connectivity index (χ4v) is 4.75. The fourth-order valence-electron chi connectivity index (χ4n) is 3.91. The summed E-state index contributed by atoms with van der Waals surface area (Å²) < 4.78 is 29.0. The highest BCUT2D eigenvalue weighted by Crippen LogP contribution is 2.24. The van der Waals surface area contributed by atoms with Crippen molar-refractivity contribution < 1.29 is 13.6 Å². The molecule has 162 valence electrons. The van der Waals surface area contributed by atoms with Gasteiger partial charge in [-0.1, -0.05) is 43.2 Å². The normalized spacial score (nSPS) is 14.6. The van der Waals surface area contributed by atoms with Crippen LogP contribution in [0.25, 0.3) is 16.6 Å². The number of amides is 1. The minimum Gasteiger partial charge on any atom is -0.355 e. The molecule has 0 atom stereocenters. The van der Waals surface area contributed by atoms with Gasteiger partial charge >= 0.3 is 0 Å². The molecule has 1 N–H and O–H groups in total. The van der Waals surface area contributed by atoms with Crippen molar-refractivity contribution >= 4 is 28.6 Å². The Morgan fingerprint density at radius 2 is 1.90 bits per heavy atom. The molecule has 1 aromatic heterocycles. The summed E-state index contributed by atoms with van der Waals surface area (Å²) in [5, 5.41) is 3.45. The van der Waals surface area contributed by atoms with E-state index in [4.69, 9.17) is 0 Å². The summed E-state index contributed by atoms with van der Waals surface area (Å²) in [5.41, 5.74) is -0.118. The van der Waals surface area contributed by atoms with E-state index in [1.54, 1.807) is 24.3 Å². The molecular formula is C23H23F2N3O2S. The molecule has 5 nitrogen and oxygen atoms in total. The Morgan fingerprint density at radius 3 is 2.68 bits per heavy atom. The number of halogens is 2. The average Bonchev–Trinajstić information content (AvgIpc) is 2.78. The zero-order chi connectivity index (χ0) is 21.8. The van der Waals surface area contributed by atoms with Crippen LogP contribution < -0.4 is 10.9 Å². The van der Waals surface area contributed by atoms with Crippen LogP contribution in [-0.4, -0.2) is 27.8 Å². The maximum absolute atomic E-state index is 14.5. The number of thioether (sulfide) groups is 1. The number of carbonyl (C=O) groups is 1. The first kappa shape index (κ1) is 21.5. The lowest BCUT2D eigenvalue weighted by Gasteiger charge is -2.21. The minimum atomic E-state index is -0.872. The smallest absolute Gasteiger partial charge is 0.266 e. The number of aromatic nitrogens is 2. The predicted molar refractivity (Wildman–Crippen MR) is 118 cm³/mol. The SMILES string of the molecule is O=C(CSc1nc2ccccc2c(=O)n1-c1ccc(F)cc1F)NCC1CCCCC1. The lowest BCUT2D eigenvalue weighted by molar-refractivity contribution is -0.118. The van der Waals surface area contributed by atoms with Crippen LogP contribution in [0.4, 0.5) is 8.78 Å². The first-order valence-electron chi connectivity index (χ1n) is 10.4. The molecule has 4 rings (SSSR count). The van der Waals surface area contributed by atoms with E-state index in [-0.39, 0.29) is 22.5 Å². The van der Waals surface area contributed by atoms with Gasteiger partial charge in [-0.25, -0.2) is 13.8 Å². The van der Waals surface area contributed by atoms with Gasteiger partial charge in [-0.15, -0.1) is 0 Å². The van der Waals surface area contributed by atoms with E-state index in [1.165, 1.54) is 25.3 Å². The van der Waals surface area contributed by atoms with Gasteiger partial charge in [0.2, 0.25) is 5.91 Å². The summed E-state index contributed by atoms with van der Waals surface area (Å²) >= 11 is 1.06. The molecule has 0 saturated heterocycles. The van der Waals surface area contributed by atoms with Crippen LogP contribution in [0.15, 0.2) is 52.4 Å². The Kier molecular flexibility index (Phi) is 6.65. The first-order valence-corrected chi connectivity index (χ1v) is 11.4. The molecule has 0 aliphatic heterocycles. The third-order valence-electron chi connectivity index (χ3n) is 5.54. The molecule has 0 bridgehead atoms. The molecule has 3 aromatic rings. The summed E-state index contributed by atoms with van der Waals surface area (Å²) in [6.45, 7) is 0.643. The van der Waals surface area contributed by atoms with Crippen molar-refractivity contribution in [3.63, 3.8) is 0 Å². The Balaban J connectivity index is 1.60. The van der Waals surface area contributed by atoms with E-state index in [0.717, 1.165) is 41.3 Å². The van der Waals surface area contributed by atoms with E-state index in [0.29, 0.717) is 23.4 Å². The number of hydrogen-bond donors (Lipinski definition) is 1. The summed E-state index contributed by atoms with van der Waals surface area (Å²) in [7, 11) is 0. The van der Waals surface area contributed by atoms with Crippen molar-refractivity contribution in [2.45, 2.75) is 37.3 Å². The lowest BCUT2D eigenvalue weighted by Crippen LogP contribution is -2.31. The van der Waals surface area contributed by atoms with Crippen molar-refractivity contribution in [3.8, 4) is 5.69 Å². The Hall–Kier alpha value is -2.74. The van der Waals surface area contributed by atoms with Gasteiger partial charge < -0.3 is 5.32 Å². The number of para-hydroxylation sites is 1. The van der Waals surface area contributed by atoms with Gasteiger partial charge in [0, 0.05) is 12.6 Å². The quantitative estimate of drug-likeness (QED) is 0.452. The number of benzene rings is 2. The minimum absolute atomic E-state index is 0.0420. The van der Waals surface area contributed by atoms with E-state index in [1.807, 2.05) is 0 Å². The largest absolute Gasteiger partial charge is 0.355 e. The first-order chi connectivity index (χ1) is 15.0. The van der Waals surface area contributed by atoms with Gasteiger partial charge in [0.15, 0.2) is 5.16 Å². The van der Waals surface area contributed by atoms with Crippen molar-refractivity contribution in [2.75, 3.05) is 12.3 Å². The lowest BCUT2D eigenvalue weighted by atomic mass is 9.89. The van der Waals surface area contributed by atoms with E-state index >= 15 is 0 Å². The van der Waals surface area contributed by atoms with Gasteiger partial charge in [-0.2, -0.15) is 0 Å². The third-order valence-corrected chi connectivity index (χ3v) is 6.48. The fraction of sp³-hybridized carbons (Fsp3) is 0.348. The second-order valence-corrected chi connectivity index (χ2v) is 8.69. The van der Waals surface area contributed by atoms with E-state index in [9.17, 15) is 18.4 Å². The molecule has 0 unspecified atom stereocenters. The summed E-state index contributed by atoms with van der Waals surface area (Å²) in [5.74, 6) is -1.22. The van der Waals surface area contributed by atoms with Crippen LogP contribution in [0.3, 0.4) is 0 Å². The Bertz CT molecular complexity index is 1160.